The van der Waals surface area contributed by atoms with Gasteiger partial charge in [-0.15, -0.1) is 0 Å². The van der Waals surface area contributed by atoms with Gasteiger partial charge in [-0.2, -0.15) is 9.97 Å². The van der Waals surface area contributed by atoms with Crippen LogP contribution in [0.3, 0.4) is 0 Å². The predicted octanol–water partition coefficient (Wildman–Crippen LogP) is 0.437. The molecular formula is C11H20N4O3. The maximum absolute atomic E-state index is 8.67. The molecule has 18 heavy (non-hydrogen) atoms. The molecule has 102 valence electrons. The molecule has 0 aromatic carbocycles. The summed E-state index contributed by atoms with van der Waals surface area (Å²) in [7, 11) is 0. The fraction of sp³-hybridized carbons (Fsp3) is 0.636. The van der Waals surface area contributed by atoms with Gasteiger partial charge in [0.05, 0.1) is 13.2 Å². The van der Waals surface area contributed by atoms with Gasteiger partial charge in [-0.3, -0.25) is 0 Å². The molecule has 0 aliphatic carbocycles. The van der Waals surface area contributed by atoms with Crippen LogP contribution in [0, 0.1) is 5.92 Å². The smallest absolute Gasteiger partial charge is 0.246 e. The third-order valence-corrected chi connectivity index (χ3v) is 1.99. The number of ether oxygens (including phenoxy) is 2. The Labute approximate surface area is 106 Å². The molecular weight excluding hydrogens is 236 g/mol. The van der Waals surface area contributed by atoms with Crippen LogP contribution in [-0.2, 0) is 0 Å². The molecule has 1 aromatic heterocycles. The van der Waals surface area contributed by atoms with E-state index in [0.717, 1.165) is 0 Å². The molecule has 1 heterocycles. The van der Waals surface area contributed by atoms with Crippen LogP contribution in [0.25, 0.3) is 0 Å². The maximum atomic E-state index is 8.67. The standard InChI is InChI=1S/C11H20N4O3/c1-7(2)6-18-10-8(12)9(14-11(13)15-10)17-5-3-4-16/h7,16H,3-6,12H2,1-2H3,(H2,13,14,15). The summed E-state index contributed by atoms with van der Waals surface area (Å²) in [6.07, 6.45) is 0.492. The first-order chi connectivity index (χ1) is 8.54. The van der Waals surface area contributed by atoms with Crippen LogP contribution in [0.1, 0.15) is 20.3 Å². The summed E-state index contributed by atoms with van der Waals surface area (Å²) >= 11 is 0. The topological polar surface area (TPSA) is 117 Å². The van der Waals surface area contributed by atoms with E-state index >= 15 is 0 Å². The first-order valence-electron chi connectivity index (χ1n) is 5.84. The molecule has 0 saturated heterocycles. The van der Waals surface area contributed by atoms with Crippen LogP contribution in [0.15, 0.2) is 0 Å². The summed E-state index contributed by atoms with van der Waals surface area (Å²) < 4.78 is 10.7. The van der Waals surface area contributed by atoms with E-state index in [0.29, 0.717) is 25.6 Å². The van der Waals surface area contributed by atoms with E-state index < -0.39 is 0 Å². The number of hydrogen-bond donors (Lipinski definition) is 3. The summed E-state index contributed by atoms with van der Waals surface area (Å²) in [6.45, 7) is 4.85. The number of nitrogens with two attached hydrogens (primary N) is 2. The highest BCUT2D eigenvalue weighted by atomic mass is 16.5. The van der Waals surface area contributed by atoms with Crippen molar-refractivity contribution < 1.29 is 14.6 Å². The van der Waals surface area contributed by atoms with Gasteiger partial charge in [0.25, 0.3) is 0 Å². The number of anilines is 2. The molecule has 7 heteroatoms. The summed E-state index contributed by atoms with van der Waals surface area (Å²) in [4.78, 5) is 7.81. The van der Waals surface area contributed by atoms with Crippen LogP contribution in [-0.4, -0.2) is 34.9 Å². The first kappa shape index (κ1) is 14.3. The van der Waals surface area contributed by atoms with Crippen molar-refractivity contribution >= 4 is 11.6 Å². The minimum atomic E-state index is 0.0389. The number of nitrogen functional groups attached to an aromatic ring is 2. The van der Waals surface area contributed by atoms with E-state index in [4.69, 9.17) is 26.0 Å². The minimum Gasteiger partial charge on any atom is -0.476 e. The first-order valence-corrected chi connectivity index (χ1v) is 5.84. The monoisotopic (exact) mass is 256 g/mol. The van der Waals surface area contributed by atoms with Crippen LogP contribution in [0.5, 0.6) is 11.8 Å². The predicted molar refractivity (Wildman–Crippen MR) is 68.4 cm³/mol. The van der Waals surface area contributed by atoms with Crippen molar-refractivity contribution in [2.45, 2.75) is 20.3 Å². The molecule has 5 N–H and O–H groups in total. The molecule has 0 aliphatic rings. The molecule has 0 atom stereocenters. The summed E-state index contributed by atoms with van der Waals surface area (Å²) in [6, 6.07) is 0. The number of aliphatic hydroxyl groups excluding tert-OH is 1. The van der Waals surface area contributed by atoms with E-state index in [-0.39, 0.29) is 30.0 Å². The second-order valence-electron chi connectivity index (χ2n) is 4.24. The van der Waals surface area contributed by atoms with Crippen LogP contribution in [0.2, 0.25) is 0 Å². The summed E-state index contributed by atoms with van der Waals surface area (Å²) in [5.74, 6) is 0.811. The Kier molecular flexibility index (Phi) is 5.44. The van der Waals surface area contributed by atoms with Gasteiger partial charge in [0.15, 0.2) is 5.69 Å². The highest BCUT2D eigenvalue weighted by Crippen LogP contribution is 2.29. The quantitative estimate of drug-likeness (QED) is 0.606. The minimum absolute atomic E-state index is 0.0389. The summed E-state index contributed by atoms with van der Waals surface area (Å²) in [5.41, 5.74) is 11.6. The summed E-state index contributed by atoms with van der Waals surface area (Å²) in [5, 5.41) is 8.67. The average Bonchev–Trinajstić information content (AvgIpc) is 2.31. The number of aliphatic hydroxyl groups is 1. The Bertz CT molecular complexity index is 385. The van der Waals surface area contributed by atoms with Crippen LogP contribution in [0.4, 0.5) is 11.6 Å². The van der Waals surface area contributed by atoms with Crippen molar-refractivity contribution in [3.05, 3.63) is 0 Å². The Morgan fingerprint density at radius 1 is 1.17 bits per heavy atom. The Morgan fingerprint density at radius 2 is 1.78 bits per heavy atom. The zero-order chi connectivity index (χ0) is 13.5. The van der Waals surface area contributed by atoms with Crippen molar-refractivity contribution in [1.82, 2.24) is 9.97 Å². The number of hydrogen-bond acceptors (Lipinski definition) is 7. The van der Waals surface area contributed by atoms with E-state index in [9.17, 15) is 0 Å². The average molecular weight is 256 g/mol. The molecule has 0 unspecified atom stereocenters. The number of rotatable bonds is 7. The molecule has 0 radical (unpaired) electrons. The van der Waals surface area contributed by atoms with Gasteiger partial charge in [0.1, 0.15) is 0 Å². The number of aromatic nitrogens is 2. The third kappa shape index (κ3) is 4.25. The van der Waals surface area contributed by atoms with Gasteiger partial charge in [0.2, 0.25) is 17.7 Å². The van der Waals surface area contributed by atoms with E-state index in [1.807, 2.05) is 13.8 Å². The third-order valence-electron chi connectivity index (χ3n) is 1.99. The lowest BCUT2D eigenvalue weighted by molar-refractivity contribution is 0.227. The van der Waals surface area contributed by atoms with Crippen LogP contribution < -0.4 is 20.9 Å². The molecule has 0 saturated carbocycles. The van der Waals surface area contributed by atoms with Gasteiger partial charge in [-0.1, -0.05) is 13.8 Å². The molecule has 0 amide bonds. The normalized spacial score (nSPS) is 10.7. The van der Waals surface area contributed by atoms with Crippen LogP contribution >= 0.6 is 0 Å². The SMILES string of the molecule is CC(C)COc1nc(N)nc(OCCCO)c1N. The van der Waals surface area contributed by atoms with E-state index in [2.05, 4.69) is 9.97 Å². The second-order valence-corrected chi connectivity index (χ2v) is 4.24. The molecule has 1 rings (SSSR count). The van der Waals surface area contributed by atoms with Crippen molar-refractivity contribution in [2.75, 3.05) is 31.3 Å². The van der Waals surface area contributed by atoms with E-state index in [1.54, 1.807) is 0 Å². The lowest BCUT2D eigenvalue weighted by atomic mass is 10.2. The lowest BCUT2D eigenvalue weighted by Crippen LogP contribution is -2.12. The Morgan fingerprint density at radius 3 is 2.33 bits per heavy atom. The van der Waals surface area contributed by atoms with Crippen molar-refractivity contribution in [3.8, 4) is 11.8 Å². The van der Waals surface area contributed by atoms with Gasteiger partial charge in [0, 0.05) is 13.0 Å². The van der Waals surface area contributed by atoms with Gasteiger partial charge < -0.3 is 26.0 Å². The maximum Gasteiger partial charge on any atom is 0.246 e. The molecule has 0 aliphatic heterocycles. The zero-order valence-corrected chi connectivity index (χ0v) is 10.7. The Hall–Kier alpha value is -1.76. The highest BCUT2D eigenvalue weighted by molar-refractivity contribution is 5.58. The Balaban J connectivity index is 2.78. The largest absolute Gasteiger partial charge is 0.476 e. The fourth-order valence-corrected chi connectivity index (χ4v) is 1.14. The molecule has 0 spiro atoms. The fourth-order valence-electron chi connectivity index (χ4n) is 1.14. The number of nitrogens with zero attached hydrogens (tertiary/aromatic N) is 2. The zero-order valence-electron chi connectivity index (χ0n) is 10.7. The molecule has 7 nitrogen and oxygen atoms in total. The highest BCUT2D eigenvalue weighted by Gasteiger charge is 2.13. The lowest BCUT2D eigenvalue weighted by Gasteiger charge is -2.13. The second kappa shape index (κ2) is 6.85. The van der Waals surface area contributed by atoms with Gasteiger partial charge in [-0.25, -0.2) is 0 Å². The van der Waals surface area contributed by atoms with Gasteiger partial charge in [-0.05, 0) is 5.92 Å². The van der Waals surface area contributed by atoms with Crippen molar-refractivity contribution in [1.29, 1.82) is 0 Å². The van der Waals surface area contributed by atoms with E-state index in [1.165, 1.54) is 0 Å². The van der Waals surface area contributed by atoms with Gasteiger partial charge >= 0.3 is 0 Å². The molecule has 0 fully saturated rings. The van der Waals surface area contributed by atoms with Crippen molar-refractivity contribution in [3.63, 3.8) is 0 Å². The molecule has 1 aromatic rings. The van der Waals surface area contributed by atoms with Crippen molar-refractivity contribution in [2.24, 2.45) is 5.92 Å². The molecule has 0 bridgehead atoms.